The number of epoxide rings is 1. The Morgan fingerprint density at radius 1 is 1.28 bits per heavy atom. The van der Waals surface area contributed by atoms with Crippen molar-refractivity contribution in [2.75, 3.05) is 0 Å². The van der Waals surface area contributed by atoms with E-state index in [1.165, 1.54) is 11.3 Å². The van der Waals surface area contributed by atoms with E-state index in [4.69, 9.17) is 15.2 Å². The molecule has 3 rings (SSSR count). The monoisotopic (exact) mass is 522 g/mol. The van der Waals surface area contributed by atoms with Gasteiger partial charge in [-0.25, -0.2) is 4.98 Å². The lowest BCUT2D eigenvalue weighted by Crippen LogP contribution is -2.45. The van der Waals surface area contributed by atoms with Gasteiger partial charge in [0.05, 0.1) is 41.4 Å². The van der Waals surface area contributed by atoms with E-state index in [-0.39, 0.29) is 29.8 Å². The molecule has 1 aromatic rings. The number of ether oxygens (including phenoxy) is 2. The second-order valence-corrected chi connectivity index (χ2v) is 12.3. The van der Waals surface area contributed by atoms with Gasteiger partial charge in [-0.3, -0.25) is 9.59 Å². The summed E-state index contributed by atoms with van der Waals surface area (Å²) in [5.41, 5.74) is 5.74. The number of rotatable bonds is 3. The number of hydrogen-bond acceptors (Lipinski definition) is 9. The molecule has 8 nitrogen and oxygen atoms in total. The molecule has 0 amide bonds. The molecule has 0 aromatic carbocycles. The topological polar surface area (TPSA) is 135 Å². The fourth-order valence-corrected chi connectivity index (χ4v) is 5.74. The number of aliphatic hydroxyl groups excluding tert-OH is 2. The minimum atomic E-state index is -1.24. The molecule has 0 aliphatic carbocycles. The zero-order chi connectivity index (χ0) is 26.8. The fourth-order valence-electron chi connectivity index (χ4n) is 5.11. The van der Waals surface area contributed by atoms with Gasteiger partial charge in [0.15, 0.2) is 0 Å². The number of nitrogens with two attached hydrogens (primary N) is 1. The van der Waals surface area contributed by atoms with E-state index < -0.39 is 35.6 Å². The summed E-state index contributed by atoms with van der Waals surface area (Å²) in [7, 11) is 0. The molecule has 1 unspecified atom stereocenters. The number of nitrogens with zero attached hydrogens (tertiary/aromatic N) is 1. The summed E-state index contributed by atoms with van der Waals surface area (Å²) in [5.74, 6) is -1.59. The lowest BCUT2D eigenvalue weighted by molar-refractivity contribution is -0.154. The zero-order valence-corrected chi connectivity index (χ0v) is 23.1. The third-order valence-electron chi connectivity index (χ3n) is 8.03. The maximum atomic E-state index is 13.2. The van der Waals surface area contributed by atoms with Crippen molar-refractivity contribution in [2.24, 2.45) is 23.0 Å². The lowest BCUT2D eigenvalue weighted by Gasteiger charge is -2.34. The summed E-state index contributed by atoms with van der Waals surface area (Å²) in [6, 6.07) is 0. The second-order valence-electron chi connectivity index (χ2n) is 11.3. The number of hydrogen-bond donors (Lipinski definition) is 3. The second kappa shape index (κ2) is 11.4. The van der Waals surface area contributed by atoms with Crippen molar-refractivity contribution in [1.82, 2.24) is 4.98 Å². The number of aliphatic hydroxyl groups is 2. The van der Waals surface area contributed by atoms with E-state index >= 15 is 0 Å². The van der Waals surface area contributed by atoms with Crippen molar-refractivity contribution in [3.63, 3.8) is 0 Å². The van der Waals surface area contributed by atoms with E-state index in [9.17, 15) is 19.8 Å². The minimum Gasteiger partial charge on any atom is -0.458 e. The van der Waals surface area contributed by atoms with Crippen LogP contribution in [0.4, 0.5) is 0 Å². The van der Waals surface area contributed by atoms with Crippen molar-refractivity contribution in [3.8, 4) is 0 Å². The Bertz CT molecular complexity index is 975. The first-order valence-corrected chi connectivity index (χ1v) is 13.8. The summed E-state index contributed by atoms with van der Waals surface area (Å²) >= 11 is 1.48. The van der Waals surface area contributed by atoms with Crippen LogP contribution in [0.5, 0.6) is 0 Å². The lowest BCUT2D eigenvalue weighted by atomic mass is 9.73. The molecule has 36 heavy (non-hydrogen) atoms. The van der Waals surface area contributed by atoms with E-state index in [1.54, 1.807) is 20.8 Å². The van der Waals surface area contributed by atoms with Crippen LogP contribution in [0.25, 0.3) is 6.08 Å². The Balaban J connectivity index is 1.85. The predicted molar refractivity (Wildman–Crippen MR) is 139 cm³/mol. The summed E-state index contributed by atoms with van der Waals surface area (Å²) in [5, 5.41) is 24.5. The Morgan fingerprint density at radius 2 is 1.97 bits per heavy atom. The minimum absolute atomic E-state index is 0.0660. The summed E-state index contributed by atoms with van der Waals surface area (Å²) in [4.78, 5) is 30.7. The molecule has 2 fully saturated rings. The van der Waals surface area contributed by atoms with E-state index in [1.807, 2.05) is 25.3 Å². The van der Waals surface area contributed by atoms with Crippen LogP contribution >= 0.6 is 11.3 Å². The molecule has 9 heteroatoms. The van der Waals surface area contributed by atoms with Gasteiger partial charge in [0, 0.05) is 24.3 Å². The average Bonchev–Trinajstić information content (AvgIpc) is 3.23. The quantitative estimate of drug-likeness (QED) is 0.405. The molecule has 2 saturated heterocycles. The largest absolute Gasteiger partial charge is 0.458 e. The molecule has 3 heterocycles. The average molecular weight is 523 g/mol. The molecule has 2 aliphatic heterocycles. The summed E-state index contributed by atoms with van der Waals surface area (Å²) < 4.78 is 11.9. The summed E-state index contributed by atoms with van der Waals surface area (Å²) in [6.07, 6.45) is 1.80. The molecular weight excluding hydrogens is 480 g/mol. The normalized spacial score (nSPS) is 36.8. The molecule has 0 bridgehead atoms. The first-order chi connectivity index (χ1) is 16.8. The van der Waals surface area contributed by atoms with Gasteiger partial charge in [-0.1, -0.05) is 34.1 Å². The van der Waals surface area contributed by atoms with Gasteiger partial charge in [-0.05, 0) is 44.3 Å². The van der Waals surface area contributed by atoms with Crippen molar-refractivity contribution < 1.29 is 29.3 Å². The van der Waals surface area contributed by atoms with E-state index in [0.29, 0.717) is 13.0 Å². The number of esters is 1. The Hall–Kier alpha value is -1.65. The van der Waals surface area contributed by atoms with Crippen LogP contribution in [0.1, 0.15) is 84.3 Å². The number of carbonyl (C=O) groups is 2. The van der Waals surface area contributed by atoms with Crippen LogP contribution in [0.3, 0.4) is 0 Å². The first kappa shape index (κ1) is 28.9. The number of cyclic esters (lactones) is 1. The molecule has 1 aromatic heterocycles. The predicted octanol–water partition coefficient (Wildman–Crippen LogP) is 3.63. The van der Waals surface area contributed by atoms with Gasteiger partial charge in [-0.2, -0.15) is 0 Å². The summed E-state index contributed by atoms with van der Waals surface area (Å²) in [6.45, 7) is 11.2. The smallest absolute Gasteiger partial charge is 0.309 e. The number of thiazole rings is 1. The Labute approximate surface area is 218 Å². The van der Waals surface area contributed by atoms with Gasteiger partial charge < -0.3 is 25.4 Å². The highest BCUT2D eigenvalue weighted by atomic mass is 32.1. The Morgan fingerprint density at radius 3 is 2.61 bits per heavy atom. The van der Waals surface area contributed by atoms with Gasteiger partial charge >= 0.3 is 5.97 Å². The highest BCUT2D eigenvalue weighted by Gasteiger charge is 2.53. The maximum Gasteiger partial charge on any atom is 0.309 e. The number of fused-ring (bicyclic) bond motifs is 1. The number of carbonyl (C=O) groups excluding carboxylic acids is 2. The number of ketones is 1. The molecule has 2 aliphatic rings. The molecule has 0 saturated carbocycles. The van der Waals surface area contributed by atoms with Gasteiger partial charge in [0.1, 0.15) is 16.9 Å². The molecular formula is C27H42N2O6S. The van der Waals surface area contributed by atoms with Crippen LogP contribution in [0.15, 0.2) is 11.0 Å². The SMILES string of the molecule is C/C(=C\c1csc(CN)n1)[C@@H]1C[C@@H]2O[C@]2(C)CCCC(C)[C@H](O)[C@@H](C)C(=O)C(C)(C)[C@@H](O)CC(=O)O1. The van der Waals surface area contributed by atoms with Gasteiger partial charge in [-0.15, -0.1) is 11.3 Å². The molecule has 0 spiro atoms. The highest BCUT2D eigenvalue weighted by molar-refractivity contribution is 7.09. The van der Waals surface area contributed by atoms with Crippen LogP contribution < -0.4 is 5.73 Å². The van der Waals surface area contributed by atoms with E-state index in [0.717, 1.165) is 35.5 Å². The van der Waals surface area contributed by atoms with Gasteiger partial charge in [0.2, 0.25) is 0 Å². The van der Waals surface area contributed by atoms with Crippen LogP contribution in [-0.4, -0.2) is 57.0 Å². The zero-order valence-electron chi connectivity index (χ0n) is 22.3. The highest BCUT2D eigenvalue weighted by Crippen LogP contribution is 2.45. The number of Topliss-reactive ketones (excluding diaryl/α,β-unsaturated/α-hetero) is 1. The van der Waals surface area contributed by atoms with Crippen molar-refractivity contribution in [1.29, 1.82) is 0 Å². The molecule has 202 valence electrons. The van der Waals surface area contributed by atoms with Crippen molar-refractivity contribution >= 4 is 29.2 Å². The fraction of sp³-hybridized carbons (Fsp3) is 0.741. The molecule has 4 N–H and O–H groups in total. The first-order valence-electron chi connectivity index (χ1n) is 12.9. The Kier molecular flexibility index (Phi) is 9.15. The van der Waals surface area contributed by atoms with Crippen molar-refractivity contribution in [2.45, 2.75) is 110 Å². The third-order valence-corrected chi connectivity index (χ3v) is 8.92. The standard InChI is InChI=1S/C27H42N2O6S/c1-15-8-7-9-27(6)21(35-27)11-19(16(2)10-18-14-36-22(13-28)29-18)34-23(31)12-20(30)26(4,5)25(33)17(3)24(15)32/h10,14-15,17,19-21,24,30,32H,7-9,11-13,28H2,1-6H3/b16-10+/t15?,17-,19+,20+,21+,24+,27-/m1/s1. The van der Waals surface area contributed by atoms with Crippen molar-refractivity contribution in [3.05, 3.63) is 21.7 Å². The van der Waals surface area contributed by atoms with Gasteiger partial charge in [0.25, 0.3) is 0 Å². The van der Waals surface area contributed by atoms with Crippen LogP contribution in [-0.2, 0) is 25.6 Å². The maximum absolute atomic E-state index is 13.2. The molecule has 0 radical (unpaired) electrons. The third kappa shape index (κ3) is 6.61. The number of aromatic nitrogens is 1. The van der Waals surface area contributed by atoms with Crippen LogP contribution in [0, 0.1) is 17.3 Å². The van der Waals surface area contributed by atoms with Crippen LogP contribution in [0.2, 0.25) is 0 Å². The molecule has 7 atom stereocenters. The van der Waals surface area contributed by atoms with E-state index in [2.05, 4.69) is 11.9 Å².